The Morgan fingerprint density at radius 2 is 1.65 bits per heavy atom. The average molecular weight is 457 g/mol. The molecule has 0 aliphatic heterocycles. The van der Waals surface area contributed by atoms with E-state index in [1.165, 1.54) is 18.9 Å². The molecule has 34 heavy (non-hydrogen) atoms. The first-order valence-corrected chi connectivity index (χ1v) is 11.4. The summed E-state index contributed by atoms with van der Waals surface area (Å²) in [6.07, 6.45) is 7.94. The van der Waals surface area contributed by atoms with Crippen molar-refractivity contribution in [1.82, 2.24) is 0 Å². The summed E-state index contributed by atoms with van der Waals surface area (Å²) in [4.78, 5) is 25.1. The Labute approximate surface area is 199 Å². The maximum atomic E-state index is 12.7. The first-order valence-electron chi connectivity index (χ1n) is 11.4. The molecule has 3 aromatic carbocycles. The molecule has 1 saturated carbocycles. The maximum absolute atomic E-state index is 12.7. The third-order valence-electron chi connectivity index (χ3n) is 5.85. The molecule has 0 atom stereocenters. The fourth-order valence-corrected chi connectivity index (χ4v) is 3.93. The van der Waals surface area contributed by atoms with Crippen LogP contribution in [0.5, 0.6) is 11.5 Å². The maximum Gasteiger partial charge on any atom is 0.255 e. The van der Waals surface area contributed by atoms with Crippen LogP contribution in [0, 0.1) is 0 Å². The second kappa shape index (κ2) is 10.7. The molecule has 174 valence electrons. The highest BCUT2D eigenvalue weighted by atomic mass is 16.5. The van der Waals surface area contributed by atoms with E-state index in [1.807, 2.05) is 18.2 Å². The first kappa shape index (κ1) is 23.1. The Morgan fingerprint density at radius 3 is 2.35 bits per heavy atom. The number of benzene rings is 3. The highest BCUT2D eigenvalue weighted by Gasteiger charge is 2.18. The summed E-state index contributed by atoms with van der Waals surface area (Å²) < 4.78 is 11.5. The average Bonchev–Trinajstić information content (AvgIpc) is 3.37. The number of nitrogens with one attached hydrogen (secondary N) is 1. The zero-order valence-electron chi connectivity index (χ0n) is 19.1. The largest absolute Gasteiger partial charge is 0.493 e. The van der Waals surface area contributed by atoms with Crippen molar-refractivity contribution in [1.29, 1.82) is 0 Å². The standard InChI is InChI=1S/C28H28N2O4/c1-33-26-17-11-19(18-27(26)34-22-6-2-3-7-22)10-16-25(31)20-12-14-21(15-13-20)28(32)30-24-9-5-4-8-23(24)29/h4-5,8-18,22H,2-3,6-7,29H2,1H3,(H,30,32)/b16-10+. The lowest BCUT2D eigenvalue weighted by Crippen LogP contribution is -2.13. The molecule has 0 radical (unpaired) electrons. The number of rotatable bonds is 8. The number of nitrogens with two attached hydrogens (primary N) is 1. The summed E-state index contributed by atoms with van der Waals surface area (Å²) in [5, 5.41) is 2.78. The van der Waals surface area contributed by atoms with Gasteiger partial charge in [-0.25, -0.2) is 0 Å². The Kier molecular flexibility index (Phi) is 7.28. The van der Waals surface area contributed by atoms with Gasteiger partial charge in [0.2, 0.25) is 0 Å². The van der Waals surface area contributed by atoms with E-state index in [1.54, 1.807) is 61.7 Å². The Hall–Kier alpha value is -4.06. The van der Waals surface area contributed by atoms with Gasteiger partial charge in [-0.05, 0) is 73.7 Å². The molecule has 0 unspecified atom stereocenters. The molecule has 3 N–H and O–H groups in total. The van der Waals surface area contributed by atoms with Gasteiger partial charge in [0.25, 0.3) is 5.91 Å². The number of hydrogen-bond donors (Lipinski definition) is 2. The summed E-state index contributed by atoms with van der Waals surface area (Å²) >= 11 is 0. The van der Waals surface area contributed by atoms with Crippen molar-refractivity contribution in [3.8, 4) is 11.5 Å². The lowest BCUT2D eigenvalue weighted by Gasteiger charge is -2.16. The number of allylic oxidation sites excluding steroid dienone is 1. The predicted molar refractivity (Wildman–Crippen MR) is 134 cm³/mol. The highest BCUT2D eigenvalue weighted by Crippen LogP contribution is 2.32. The number of amides is 1. The monoisotopic (exact) mass is 456 g/mol. The van der Waals surface area contributed by atoms with Crippen LogP contribution in [-0.2, 0) is 0 Å². The molecule has 1 aliphatic carbocycles. The molecule has 1 amide bonds. The van der Waals surface area contributed by atoms with Gasteiger partial charge in [0.1, 0.15) is 0 Å². The molecule has 1 aliphatic rings. The first-order chi connectivity index (χ1) is 16.5. The lowest BCUT2D eigenvalue weighted by molar-refractivity contribution is 0.102. The number of hydrogen-bond acceptors (Lipinski definition) is 5. The van der Waals surface area contributed by atoms with Crippen molar-refractivity contribution >= 4 is 29.1 Å². The molecule has 6 nitrogen and oxygen atoms in total. The van der Waals surface area contributed by atoms with E-state index in [0.717, 1.165) is 18.4 Å². The Bertz CT molecular complexity index is 1200. The number of ether oxygens (including phenoxy) is 2. The molecule has 0 heterocycles. The van der Waals surface area contributed by atoms with Gasteiger partial charge < -0.3 is 20.5 Å². The molecule has 0 spiro atoms. The van der Waals surface area contributed by atoms with Crippen LogP contribution in [0.1, 0.15) is 52.0 Å². The minimum atomic E-state index is -0.291. The smallest absolute Gasteiger partial charge is 0.255 e. The SMILES string of the molecule is COc1ccc(/C=C/C(=O)c2ccc(C(=O)Nc3ccccc3N)cc2)cc1OC1CCCC1. The van der Waals surface area contributed by atoms with Crippen LogP contribution >= 0.6 is 0 Å². The third kappa shape index (κ3) is 5.64. The molecule has 0 bridgehead atoms. The summed E-state index contributed by atoms with van der Waals surface area (Å²) in [7, 11) is 1.62. The molecule has 3 aromatic rings. The van der Waals surface area contributed by atoms with Crippen LogP contribution in [-0.4, -0.2) is 24.9 Å². The molecule has 0 saturated heterocycles. The quantitative estimate of drug-likeness (QED) is 0.256. The topological polar surface area (TPSA) is 90.7 Å². The summed E-state index contributed by atoms with van der Waals surface area (Å²) in [6, 6.07) is 19.2. The summed E-state index contributed by atoms with van der Waals surface area (Å²) in [5.74, 6) is 0.925. The number of para-hydroxylation sites is 2. The van der Waals surface area contributed by atoms with Crippen molar-refractivity contribution in [2.75, 3.05) is 18.2 Å². The third-order valence-corrected chi connectivity index (χ3v) is 5.85. The Balaban J connectivity index is 1.41. The Morgan fingerprint density at radius 1 is 0.941 bits per heavy atom. The molecule has 6 heteroatoms. The fourth-order valence-electron chi connectivity index (χ4n) is 3.93. The number of ketones is 1. The van der Waals surface area contributed by atoms with Crippen LogP contribution < -0.4 is 20.5 Å². The predicted octanol–water partition coefficient (Wildman–Crippen LogP) is 5.75. The second-order valence-corrected chi connectivity index (χ2v) is 8.25. The minimum absolute atomic E-state index is 0.159. The number of carbonyl (C=O) groups is 2. The highest BCUT2D eigenvalue weighted by molar-refractivity contribution is 6.09. The van der Waals surface area contributed by atoms with Crippen molar-refractivity contribution in [2.24, 2.45) is 0 Å². The molecule has 0 aromatic heterocycles. The van der Waals surface area contributed by atoms with Gasteiger partial charge >= 0.3 is 0 Å². The van der Waals surface area contributed by atoms with Gasteiger partial charge in [-0.3, -0.25) is 9.59 Å². The zero-order valence-corrected chi connectivity index (χ0v) is 19.1. The van der Waals surface area contributed by atoms with Crippen molar-refractivity contribution in [3.05, 3.63) is 89.5 Å². The van der Waals surface area contributed by atoms with Gasteiger partial charge in [0, 0.05) is 11.1 Å². The number of nitrogen functional groups attached to an aromatic ring is 1. The number of methoxy groups -OCH3 is 1. The molecule has 1 fully saturated rings. The lowest BCUT2D eigenvalue weighted by atomic mass is 10.1. The van der Waals surface area contributed by atoms with Gasteiger partial charge in [-0.2, -0.15) is 0 Å². The second-order valence-electron chi connectivity index (χ2n) is 8.25. The summed E-state index contributed by atoms with van der Waals surface area (Å²) in [5.41, 5.74) is 8.69. The van der Waals surface area contributed by atoms with E-state index in [9.17, 15) is 9.59 Å². The molecular weight excluding hydrogens is 428 g/mol. The van der Waals surface area contributed by atoms with Crippen LogP contribution in [0.25, 0.3) is 6.08 Å². The van der Waals surface area contributed by atoms with Gasteiger partial charge in [0.05, 0.1) is 24.6 Å². The molecular formula is C28H28N2O4. The van der Waals surface area contributed by atoms with Crippen molar-refractivity contribution in [3.63, 3.8) is 0 Å². The number of carbonyl (C=O) groups excluding carboxylic acids is 2. The van der Waals surface area contributed by atoms with E-state index in [4.69, 9.17) is 15.2 Å². The van der Waals surface area contributed by atoms with Crippen molar-refractivity contribution < 1.29 is 19.1 Å². The van der Waals surface area contributed by atoms with E-state index in [-0.39, 0.29) is 17.8 Å². The zero-order chi connectivity index (χ0) is 23.9. The van der Waals surface area contributed by atoms with Crippen molar-refractivity contribution in [2.45, 2.75) is 31.8 Å². The van der Waals surface area contributed by atoms with Gasteiger partial charge in [-0.15, -0.1) is 0 Å². The number of anilines is 2. The van der Waals surface area contributed by atoms with E-state index < -0.39 is 0 Å². The van der Waals surface area contributed by atoms with Crippen LogP contribution in [0.3, 0.4) is 0 Å². The van der Waals surface area contributed by atoms with Gasteiger partial charge in [0.15, 0.2) is 17.3 Å². The van der Waals surface area contributed by atoms with Crippen LogP contribution in [0.2, 0.25) is 0 Å². The summed E-state index contributed by atoms with van der Waals surface area (Å²) in [6.45, 7) is 0. The van der Waals surface area contributed by atoms with E-state index >= 15 is 0 Å². The van der Waals surface area contributed by atoms with Gasteiger partial charge in [-0.1, -0.05) is 36.4 Å². The minimum Gasteiger partial charge on any atom is -0.493 e. The van der Waals surface area contributed by atoms with Crippen LogP contribution in [0.4, 0.5) is 11.4 Å². The van der Waals surface area contributed by atoms with Crippen LogP contribution in [0.15, 0.2) is 72.8 Å². The van der Waals surface area contributed by atoms with E-state index in [2.05, 4.69) is 5.32 Å². The van der Waals surface area contributed by atoms with E-state index in [0.29, 0.717) is 34.0 Å². The molecule has 4 rings (SSSR count). The normalized spacial score (nSPS) is 13.7. The fraction of sp³-hybridized carbons (Fsp3) is 0.214.